The van der Waals surface area contributed by atoms with Crippen LogP contribution in [0.15, 0.2) is 58.8 Å². The second-order valence-corrected chi connectivity index (χ2v) is 7.89. The molecule has 4 heterocycles. The summed E-state index contributed by atoms with van der Waals surface area (Å²) in [4.78, 5) is 34.9. The van der Waals surface area contributed by atoms with Gasteiger partial charge >= 0.3 is 5.69 Å². The summed E-state index contributed by atoms with van der Waals surface area (Å²) in [5, 5.41) is 0. The summed E-state index contributed by atoms with van der Waals surface area (Å²) in [6.45, 7) is 3.55. The van der Waals surface area contributed by atoms with Crippen LogP contribution in [0.1, 0.15) is 17.7 Å². The fourth-order valence-corrected chi connectivity index (χ4v) is 4.07. The number of rotatable bonds is 6. The zero-order valence-corrected chi connectivity index (χ0v) is 17.8. The lowest BCUT2D eigenvalue weighted by Gasteiger charge is -2.08. The molecule has 0 radical (unpaired) electrons. The van der Waals surface area contributed by atoms with Crippen LogP contribution in [0.2, 0.25) is 0 Å². The third-order valence-corrected chi connectivity index (χ3v) is 5.75. The quantitative estimate of drug-likeness (QED) is 0.408. The Kier molecular flexibility index (Phi) is 4.76. The van der Waals surface area contributed by atoms with E-state index in [-0.39, 0.29) is 12.4 Å². The maximum absolute atomic E-state index is 13.3. The smallest absolute Gasteiger partial charge is 0.332 e. The Morgan fingerprint density at radius 1 is 1.06 bits per heavy atom. The van der Waals surface area contributed by atoms with Crippen molar-refractivity contribution < 1.29 is 4.39 Å². The molecule has 0 aliphatic rings. The fraction of sp³-hybridized carbons (Fsp3) is 0.273. The number of nitrogens with zero attached hydrogens (tertiary/aromatic N) is 7. The largest absolute Gasteiger partial charge is 0.337 e. The number of fused-ring (bicyclic) bond motifs is 3. The molecule has 9 nitrogen and oxygen atoms in total. The van der Waals surface area contributed by atoms with Crippen LogP contribution in [-0.4, -0.2) is 32.6 Å². The van der Waals surface area contributed by atoms with E-state index in [1.807, 2.05) is 28.5 Å². The van der Waals surface area contributed by atoms with E-state index in [1.165, 1.54) is 16.7 Å². The molecule has 0 N–H and O–H groups in total. The van der Waals surface area contributed by atoms with Crippen molar-refractivity contribution in [2.75, 3.05) is 0 Å². The maximum atomic E-state index is 13.3. The third-order valence-electron chi connectivity index (χ3n) is 5.75. The van der Waals surface area contributed by atoms with Crippen molar-refractivity contribution in [1.29, 1.82) is 0 Å². The van der Waals surface area contributed by atoms with Crippen molar-refractivity contribution in [3.63, 3.8) is 0 Å². The van der Waals surface area contributed by atoms with E-state index in [9.17, 15) is 14.0 Å². The zero-order chi connectivity index (χ0) is 22.4. The van der Waals surface area contributed by atoms with Crippen molar-refractivity contribution in [1.82, 2.24) is 32.6 Å². The van der Waals surface area contributed by atoms with E-state index >= 15 is 0 Å². The molecule has 0 aliphatic carbocycles. The lowest BCUT2D eigenvalue weighted by molar-refractivity contribution is 0.564. The Morgan fingerprint density at radius 2 is 1.84 bits per heavy atom. The second-order valence-electron chi connectivity index (χ2n) is 7.89. The Balaban J connectivity index is 1.58. The van der Waals surface area contributed by atoms with E-state index in [4.69, 9.17) is 0 Å². The molecule has 0 fully saturated rings. The number of benzene rings is 1. The van der Waals surface area contributed by atoms with E-state index in [2.05, 4.69) is 9.97 Å². The van der Waals surface area contributed by atoms with Gasteiger partial charge in [-0.25, -0.2) is 14.2 Å². The molecular formula is C22H22FN7O2. The molecule has 0 bridgehead atoms. The summed E-state index contributed by atoms with van der Waals surface area (Å²) >= 11 is 0. The van der Waals surface area contributed by atoms with Gasteiger partial charge in [-0.1, -0.05) is 12.1 Å². The minimum absolute atomic E-state index is 0.0551. The van der Waals surface area contributed by atoms with E-state index in [0.717, 1.165) is 23.2 Å². The molecule has 0 aliphatic heterocycles. The SMILES string of the molecule is Cc1cn2c3c(=O)n(Cc4ccc(F)cc4)c(=O)n(C)c3nc2n1CCCn1ccnc1. The highest BCUT2D eigenvalue weighted by molar-refractivity contribution is 5.75. The predicted octanol–water partition coefficient (Wildman–Crippen LogP) is 1.93. The average molecular weight is 435 g/mol. The fourth-order valence-electron chi connectivity index (χ4n) is 4.07. The molecule has 10 heteroatoms. The molecule has 32 heavy (non-hydrogen) atoms. The highest BCUT2D eigenvalue weighted by atomic mass is 19.1. The number of hydrogen-bond donors (Lipinski definition) is 0. The third kappa shape index (κ3) is 3.24. The van der Waals surface area contributed by atoms with Gasteiger partial charge in [0.1, 0.15) is 5.82 Å². The first kappa shape index (κ1) is 20.0. The molecule has 0 atom stereocenters. The van der Waals surface area contributed by atoms with Gasteiger partial charge in [0.15, 0.2) is 11.2 Å². The summed E-state index contributed by atoms with van der Waals surface area (Å²) in [7, 11) is 1.61. The van der Waals surface area contributed by atoms with Gasteiger partial charge in [0.25, 0.3) is 5.56 Å². The van der Waals surface area contributed by atoms with Crippen LogP contribution in [0.5, 0.6) is 0 Å². The van der Waals surface area contributed by atoms with Crippen LogP contribution in [0.3, 0.4) is 0 Å². The van der Waals surface area contributed by atoms with Crippen molar-refractivity contribution in [2.45, 2.75) is 33.0 Å². The van der Waals surface area contributed by atoms with E-state index in [0.29, 0.717) is 29.0 Å². The van der Waals surface area contributed by atoms with Gasteiger partial charge in [0.2, 0.25) is 5.78 Å². The Morgan fingerprint density at radius 3 is 2.56 bits per heavy atom. The van der Waals surface area contributed by atoms with Gasteiger partial charge in [0.05, 0.1) is 12.9 Å². The first-order valence-corrected chi connectivity index (χ1v) is 10.3. The van der Waals surface area contributed by atoms with Crippen molar-refractivity contribution in [2.24, 2.45) is 7.05 Å². The molecule has 164 valence electrons. The van der Waals surface area contributed by atoms with Gasteiger partial charge in [-0.3, -0.25) is 18.3 Å². The van der Waals surface area contributed by atoms with Crippen molar-refractivity contribution in [3.8, 4) is 0 Å². The summed E-state index contributed by atoms with van der Waals surface area (Å²) in [5.74, 6) is 0.251. The molecule has 0 saturated carbocycles. The first-order valence-electron chi connectivity index (χ1n) is 10.3. The van der Waals surface area contributed by atoms with E-state index in [1.54, 1.807) is 36.1 Å². The first-order chi connectivity index (χ1) is 15.4. The Bertz CT molecular complexity index is 1540. The highest BCUT2D eigenvalue weighted by Crippen LogP contribution is 2.17. The van der Waals surface area contributed by atoms with Crippen LogP contribution >= 0.6 is 0 Å². The molecule has 0 spiro atoms. The molecule has 1 aromatic carbocycles. The summed E-state index contributed by atoms with van der Waals surface area (Å²) in [5.41, 5.74) is 1.44. The number of imidazole rings is 3. The number of aromatic nitrogens is 7. The van der Waals surface area contributed by atoms with Crippen molar-refractivity contribution >= 4 is 16.9 Å². The van der Waals surface area contributed by atoms with Crippen molar-refractivity contribution in [3.05, 3.63) is 87.1 Å². The predicted molar refractivity (Wildman–Crippen MR) is 117 cm³/mol. The van der Waals surface area contributed by atoms with Gasteiger partial charge in [-0.2, -0.15) is 4.98 Å². The zero-order valence-electron chi connectivity index (χ0n) is 17.8. The number of hydrogen-bond acceptors (Lipinski definition) is 4. The van der Waals surface area contributed by atoms with E-state index < -0.39 is 11.2 Å². The van der Waals surface area contributed by atoms with Crippen LogP contribution in [0.25, 0.3) is 16.9 Å². The van der Waals surface area contributed by atoms with Crippen LogP contribution < -0.4 is 11.2 Å². The van der Waals surface area contributed by atoms with Gasteiger partial charge in [-0.15, -0.1) is 0 Å². The standard InChI is InChI=1S/C22H22FN7O2/c1-15-12-29-18-19(25-21(29)28(15)10-3-9-27-11-8-24-14-27)26(2)22(32)30(20(18)31)13-16-4-6-17(23)7-5-16/h4-8,11-12,14H,3,9-10,13H2,1-2H3. The monoisotopic (exact) mass is 435 g/mol. The molecule has 0 unspecified atom stereocenters. The minimum Gasteiger partial charge on any atom is -0.337 e. The Labute approximate surface area is 181 Å². The summed E-state index contributed by atoms with van der Waals surface area (Å²) in [6.07, 6.45) is 8.18. The normalized spacial score (nSPS) is 11.7. The maximum Gasteiger partial charge on any atom is 0.332 e. The molecule has 5 aromatic rings. The van der Waals surface area contributed by atoms with Gasteiger partial charge < -0.3 is 9.13 Å². The van der Waals surface area contributed by atoms with Gasteiger partial charge in [0, 0.05) is 44.4 Å². The second kappa shape index (κ2) is 7.63. The highest BCUT2D eigenvalue weighted by Gasteiger charge is 2.20. The number of aryl methyl sites for hydroxylation is 4. The molecule has 0 amide bonds. The molecular weight excluding hydrogens is 413 g/mol. The molecule has 5 rings (SSSR count). The lowest BCUT2D eigenvalue weighted by atomic mass is 10.2. The van der Waals surface area contributed by atoms with Crippen LogP contribution in [0, 0.1) is 12.7 Å². The summed E-state index contributed by atoms with van der Waals surface area (Å²) < 4.78 is 21.6. The lowest BCUT2D eigenvalue weighted by Crippen LogP contribution is -2.39. The topological polar surface area (TPSA) is 84.0 Å². The Hall–Kier alpha value is -3.95. The van der Waals surface area contributed by atoms with Crippen LogP contribution in [0.4, 0.5) is 4.39 Å². The van der Waals surface area contributed by atoms with Gasteiger partial charge in [-0.05, 0) is 31.0 Å². The average Bonchev–Trinajstić information content (AvgIpc) is 3.48. The number of halogens is 1. The molecule has 0 saturated heterocycles. The van der Waals surface area contributed by atoms with Crippen LogP contribution in [-0.2, 0) is 26.7 Å². The summed E-state index contributed by atoms with van der Waals surface area (Å²) in [6, 6.07) is 5.76. The molecule has 4 aromatic heterocycles. The minimum atomic E-state index is -0.462.